The summed E-state index contributed by atoms with van der Waals surface area (Å²) < 4.78 is 0. The third-order valence-electron chi connectivity index (χ3n) is 3.23. The largest absolute Gasteiger partial charge is 0.392 e. The lowest BCUT2D eigenvalue weighted by molar-refractivity contribution is -0.0918. The number of hydrogen-bond acceptors (Lipinski definition) is 1. The minimum atomic E-state index is -0.152. The summed E-state index contributed by atoms with van der Waals surface area (Å²) in [6.07, 6.45) is 2.15. The molecule has 0 radical (unpaired) electrons. The fraction of sp³-hybridized carbons (Fsp3) is 1.00. The van der Waals surface area contributed by atoms with Gasteiger partial charge in [0, 0.05) is 0 Å². The predicted octanol–water partition coefficient (Wildman–Crippen LogP) is 2.83. The molecule has 12 heavy (non-hydrogen) atoms. The van der Waals surface area contributed by atoms with Crippen molar-refractivity contribution in [2.75, 3.05) is 0 Å². The standard InChI is InChI=1S/C11H22O/c1-8-6-10(2,3)9(12)11(4,5)7-8/h8-9,12H,6-7H2,1-5H3. The van der Waals surface area contributed by atoms with Crippen LogP contribution in [0.25, 0.3) is 0 Å². The summed E-state index contributed by atoms with van der Waals surface area (Å²) in [6, 6.07) is 0. The van der Waals surface area contributed by atoms with E-state index < -0.39 is 0 Å². The Hall–Kier alpha value is -0.0400. The summed E-state index contributed by atoms with van der Waals surface area (Å²) in [4.78, 5) is 0. The van der Waals surface area contributed by atoms with E-state index in [9.17, 15) is 5.11 Å². The molecule has 0 aliphatic heterocycles. The summed E-state index contributed by atoms with van der Waals surface area (Å²) in [5, 5.41) is 10.1. The summed E-state index contributed by atoms with van der Waals surface area (Å²) in [7, 11) is 0. The van der Waals surface area contributed by atoms with Crippen LogP contribution < -0.4 is 0 Å². The lowest BCUT2D eigenvalue weighted by Gasteiger charge is -2.48. The van der Waals surface area contributed by atoms with Crippen LogP contribution in [0.4, 0.5) is 0 Å². The molecule has 1 aliphatic rings. The molecular formula is C11H22O. The molecule has 0 saturated heterocycles. The second kappa shape index (κ2) is 2.73. The fourth-order valence-corrected chi connectivity index (χ4v) is 3.15. The smallest absolute Gasteiger partial charge is 0.0642 e. The topological polar surface area (TPSA) is 20.2 Å². The van der Waals surface area contributed by atoms with Crippen LogP contribution >= 0.6 is 0 Å². The molecule has 0 spiro atoms. The Morgan fingerprint density at radius 1 is 1.00 bits per heavy atom. The molecule has 1 fully saturated rings. The van der Waals surface area contributed by atoms with Gasteiger partial charge in [0.1, 0.15) is 0 Å². The highest BCUT2D eigenvalue weighted by Crippen LogP contribution is 2.48. The van der Waals surface area contributed by atoms with Gasteiger partial charge in [0.2, 0.25) is 0 Å². The van der Waals surface area contributed by atoms with Crippen molar-refractivity contribution in [1.29, 1.82) is 0 Å². The van der Waals surface area contributed by atoms with Gasteiger partial charge in [-0.1, -0.05) is 34.6 Å². The maximum atomic E-state index is 10.1. The number of aliphatic hydroxyl groups is 1. The van der Waals surface area contributed by atoms with Crippen LogP contribution in [0.15, 0.2) is 0 Å². The Morgan fingerprint density at radius 3 is 1.67 bits per heavy atom. The van der Waals surface area contributed by atoms with Gasteiger partial charge in [0.05, 0.1) is 6.10 Å². The summed E-state index contributed by atoms with van der Waals surface area (Å²) in [5.41, 5.74) is 0.197. The van der Waals surface area contributed by atoms with Crippen LogP contribution in [0.3, 0.4) is 0 Å². The van der Waals surface area contributed by atoms with E-state index in [-0.39, 0.29) is 16.9 Å². The van der Waals surface area contributed by atoms with Gasteiger partial charge >= 0.3 is 0 Å². The van der Waals surface area contributed by atoms with Gasteiger partial charge in [-0.25, -0.2) is 0 Å². The maximum absolute atomic E-state index is 10.1. The predicted molar refractivity (Wildman–Crippen MR) is 52.0 cm³/mol. The molecule has 1 aliphatic carbocycles. The van der Waals surface area contributed by atoms with Crippen molar-refractivity contribution >= 4 is 0 Å². The van der Waals surface area contributed by atoms with Crippen LogP contribution in [0.1, 0.15) is 47.5 Å². The van der Waals surface area contributed by atoms with Gasteiger partial charge in [-0.3, -0.25) is 0 Å². The molecule has 0 aromatic rings. The van der Waals surface area contributed by atoms with Gasteiger partial charge in [-0.15, -0.1) is 0 Å². The first-order valence-electron chi connectivity index (χ1n) is 4.94. The Bertz CT molecular complexity index is 152. The normalized spacial score (nSPS) is 39.5. The fourth-order valence-electron chi connectivity index (χ4n) is 3.15. The van der Waals surface area contributed by atoms with E-state index in [1.165, 1.54) is 0 Å². The molecule has 0 bridgehead atoms. The molecule has 0 aromatic carbocycles. The third-order valence-corrected chi connectivity index (χ3v) is 3.23. The van der Waals surface area contributed by atoms with Crippen LogP contribution in [0.5, 0.6) is 0 Å². The van der Waals surface area contributed by atoms with Crippen LogP contribution in [0, 0.1) is 16.7 Å². The Kier molecular flexibility index (Phi) is 2.28. The zero-order valence-corrected chi connectivity index (χ0v) is 9.02. The van der Waals surface area contributed by atoms with E-state index in [0.717, 1.165) is 18.8 Å². The van der Waals surface area contributed by atoms with Crippen LogP contribution in [-0.2, 0) is 0 Å². The third kappa shape index (κ3) is 1.66. The zero-order chi connectivity index (χ0) is 9.57. The Morgan fingerprint density at radius 2 is 1.33 bits per heavy atom. The van der Waals surface area contributed by atoms with E-state index in [1.54, 1.807) is 0 Å². The Labute approximate surface area is 76.2 Å². The molecule has 72 valence electrons. The average molecular weight is 170 g/mol. The second-order valence-corrected chi connectivity index (χ2v) is 5.89. The molecule has 0 aromatic heterocycles. The first-order chi connectivity index (χ1) is 5.26. The van der Waals surface area contributed by atoms with E-state index in [0.29, 0.717) is 0 Å². The molecule has 1 rings (SSSR count). The van der Waals surface area contributed by atoms with Crippen molar-refractivity contribution in [3.63, 3.8) is 0 Å². The van der Waals surface area contributed by atoms with Crippen molar-refractivity contribution in [2.45, 2.75) is 53.6 Å². The maximum Gasteiger partial charge on any atom is 0.0642 e. The molecule has 0 atom stereocenters. The highest BCUT2D eigenvalue weighted by Gasteiger charge is 2.45. The molecule has 0 unspecified atom stereocenters. The molecule has 0 heterocycles. The first kappa shape index (κ1) is 10.0. The quantitative estimate of drug-likeness (QED) is 0.592. The number of aliphatic hydroxyl groups excluding tert-OH is 1. The number of hydrogen-bond donors (Lipinski definition) is 1. The van der Waals surface area contributed by atoms with E-state index >= 15 is 0 Å². The monoisotopic (exact) mass is 170 g/mol. The minimum Gasteiger partial charge on any atom is -0.392 e. The first-order valence-corrected chi connectivity index (χ1v) is 4.94. The summed E-state index contributed by atoms with van der Waals surface area (Å²) in [5.74, 6) is 0.749. The Balaban J connectivity index is 2.84. The van der Waals surface area contributed by atoms with Crippen LogP contribution in [-0.4, -0.2) is 11.2 Å². The lowest BCUT2D eigenvalue weighted by Crippen LogP contribution is -2.47. The van der Waals surface area contributed by atoms with Gasteiger partial charge < -0.3 is 5.11 Å². The SMILES string of the molecule is CC1CC(C)(C)C(O)C(C)(C)C1. The highest BCUT2D eigenvalue weighted by atomic mass is 16.3. The minimum absolute atomic E-state index is 0.0984. The van der Waals surface area contributed by atoms with Crippen molar-refractivity contribution in [3.05, 3.63) is 0 Å². The van der Waals surface area contributed by atoms with E-state index in [2.05, 4.69) is 34.6 Å². The van der Waals surface area contributed by atoms with Crippen molar-refractivity contribution < 1.29 is 5.11 Å². The highest BCUT2D eigenvalue weighted by molar-refractivity contribution is 4.95. The molecule has 1 saturated carbocycles. The molecule has 1 N–H and O–H groups in total. The van der Waals surface area contributed by atoms with Gasteiger partial charge in [0.25, 0.3) is 0 Å². The summed E-state index contributed by atoms with van der Waals surface area (Å²) >= 11 is 0. The molecule has 0 amide bonds. The van der Waals surface area contributed by atoms with Crippen molar-refractivity contribution in [3.8, 4) is 0 Å². The van der Waals surface area contributed by atoms with Crippen molar-refractivity contribution in [1.82, 2.24) is 0 Å². The number of rotatable bonds is 0. The van der Waals surface area contributed by atoms with Gasteiger partial charge in [-0.05, 0) is 29.6 Å². The van der Waals surface area contributed by atoms with Gasteiger partial charge in [-0.2, -0.15) is 0 Å². The van der Waals surface area contributed by atoms with Crippen LogP contribution in [0.2, 0.25) is 0 Å². The lowest BCUT2D eigenvalue weighted by atomic mass is 9.60. The summed E-state index contributed by atoms with van der Waals surface area (Å²) in [6.45, 7) is 11.0. The molecule has 1 heteroatoms. The van der Waals surface area contributed by atoms with E-state index in [4.69, 9.17) is 0 Å². The molecule has 1 nitrogen and oxygen atoms in total. The molecular weight excluding hydrogens is 148 g/mol. The second-order valence-electron chi connectivity index (χ2n) is 5.89. The zero-order valence-electron chi connectivity index (χ0n) is 9.02. The van der Waals surface area contributed by atoms with Gasteiger partial charge in [0.15, 0.2) is 0 Å². The van der Waals surface area contributed by atoms with E-state index in [1.807, 2.05) is 0 Å². The van der Waals surface area contributed by atoms with Crippen molar-refractivity contribution in [2.24, 2.45) is 16.7 Å². The average Bonchev–Trinajstić information content (AvgIpc) is 1.80.